The number of aromatic nitrogens is 6. The molecule has 0 aliphatic carbocycles. The molecular formula is C23H20N8O2. The molecule has 0 aliphatic heterocycles. The third kappa shape index (κ3) is 3.89. The molecule has 1 atom stereocenters. The Balaban J connectivity index is 1.62. The normalized spacial score (nSPS) is 12.1. The maximum Gasteiger partial charge on any atom is 0.274 e. The van der Waals surface area contributed by atoms with Gasteiger partial charge in [-0.25, -0.2) is 9.97 Å². The number of nitrogens with zero attached hydrogens (tertiary/aromatic N) is 6. The number of pyridine rings is 1. The van der Waals surface area contributed by atoms with Crippen molar-refractivity contribution in [3.63, 3.8) is 0 Å². The molecule has 0 radical (unpaired) electrons. The number of fused-ring (bicyclic) bond motifs is 1. The number of benzene rings is 1. The molecule has 164 valence electrons. The molecule has 3 N–H and O–H groups in total. The zero-order valence-corrected chi connectivity index (χ0v) is 17.9. The molecule has 10 nitrogen and oxygen atoms in total. The first-order valence-electron chi connectivity index (χ1n) is 10.2. The van der Waals surface area contributed by atoms with Crippen LogP contribution in [0.1, 0.15) is 29.2 Å². The van der Waals surface area contributed by atoms with E-state index in [0.717, 1.165) is 16.5 Å². The Hall–Kier alpha value is -4.60. The minimum Gasteiger partial charge on any atom is -0.382 e. The number of hydrogen-bond acceptors (Lipinski definition) is 8. The quantitative estimate of drug-likeness (QED) is 0.425. The highest BCUT2D eigenvalue weighted by Crippen LogP contribution is 2.31. The van der Waals surface area contributed by atoms with Gasteiger partial charge in [0.05, 0.1) is 23.4 Å². The van der Waals surface area contributed by atoms with Gasteiger partial charge in [0, 0.05) is 36.5 Å². The maximum absolute atomic E-state index is 13.0. The average Bonchev–Trinajstić information content (AvgIpc) is 3.50. The first kappa shape index (κ1) is 20.3. The van der Waals surface area contributed by atoms with Crippen LogP contribution >= 0.6 is 0 Å². The molecule has 10 heteroatoms. The van der Waals surface area contributed by atoms with Crippen molar-refractivity contribution < 1.29 is 9.32 Å². The van der Waals surface area contributed by atoms with Crippen LogP contribution in [0, 0.1) is 0 Å². The highest BCUT2D eigenvalue weighted by atomic mass is 16.5. The van der Waals surface area contributed by atoms with Crippen LogP contribution in [0.15, 0.2) is 65.6 Å². The first-order chi connectivity index (χ1) is 16.0. The Morgan fingerprint density at radius 1 is 1.12 bits per heavy atom. The van der Waals surface area contributed by atoms with E-state index in [2.05, 4.69) is 30.5 Å². The summed E-state index contributed by atoms with van der Waals surface area (Å²) in [5.41, 5.74) is 9.39. The van der Waals surface area contributed by atoms with Gasteiger partial charge in [-0.1, -0.05) is 17.3 Å². The first-order valence-corrected chi connectivity index (χ1v) is 10.2. The Kier molecular flexibility index (Phi) is 5.02. The Morgan fingerprint density at radius 3 is 2.76 bits per heavy atom. The topological polar surface area (TPSA) is 138 Å². The molecule has 1 unspecified atom stereocenters. The van der Waals surface area contributed by atoms with Crippen molar-refractivity contribution in [2.75, 3.05) is 5.73 Å². The summed E-state index contributed by atoms with van der Waals surface area (Å²) in [5.74, 6) is 0.0477. The molecule has 1 aromatic carbocycles. The van der Waals surface area contributed by atoms with Crippen LogP contribution in [0.2, 0.25) is 0 Å². The van der Waals surface area contributed by atoms with Crippen molar-refractivity contribution >= 4 is 22.6 Å². The fourth-order valence-electron chi connectivity index (χ4n) is 3.54. The van der Waals surface area contributed by atoms with E-state index in [1.807, 2.05) is 43.4 Å². The number of carbonyl (C=O) groups is 1. The Bertz CT molecular complexity index is 1460. The van der Waals surface area contributed by atoms with Crippen LogP contribution in [0.4, 0.5) is 5.82 Å². The summed E-state index contributed by atoms with van der Waals surface area (Å²) in [5, 5.41) is 11.9. The summed E-state index contributed by atoms with van der Waals surface area (Å²) in [7, 11) is 1.81. The number of amides is 1. The number of aryl methyl sites for hydroxylation is 1. The van der Waals surface area contributed by atoms with Crippen LogP contribution in [0.3, 0.4) is 0 Å². The van der Waals surface area contributed by atoms with E-state index >= 15 is 0 Å². The minimum atomic E-state index is -0.472. The molecule has 0 spiro atoms. The highest BCUT2D eigenvalue weighted by Gasteiger charge is 2.23. The number of hydrogen-bond donors (Lipinski definition) is 2. The summed E-state index contributed by atoms with van der Waals surface area (Å²) in [6.07, 6.45) is 5.06. The molecule has 5 rings (SSSR count). The standard InChI is InChI=1S/C23H20N8O2/c1-13(18-7-10-26-33-18)27-23(32)21-22(24)29-20(17-8-11-31(2)30-17)19(28-21)15-5-6-16-14(12-15)4-3-9-25-16/h3-13H,1-2H3,(H2,24,29)(H,27,32). The van der Waals surface area contributed by atoms with E-state index in [1.165, 1.54) is 6.20 Å². The van der Waals surface area contributed by atoms with E-state index in [1.54, 1.807) is 30.1 Å². The smallest absolute Gasteiger partial charge is 0.274 e. The number of carbonyl (C=O) groups excluding carboxylic acids is 1. The van der Waals surface area contributed by atoms with Gasteiger partial charge < -0.3 is 15.6 Å². The third-order valence-corrected chi connectivity index (χ3v) is 5.20. The maximum atomic E-state index is 13.0. The molecule has 5 aromatic rings. The summed E-state index contributed by atoms with van der Waals surface area (Å²) >= 11 is 0. The molecule has 1 amide bonds. The van der Waals surface area contributed by atoms with E-state index in [9.17, 15) is 4.79 Å². The molecule has 4 aromatic heterocycles. The summed E-state index contributed by atoms with van der Waals surface area (Å²) < 4.78 is 6.79. The molecule has 0 bridgehead atoms. The minimum absolute atomic E-state index is 0.00382. The van der Waals surface area contributed by atoms with Gasteiger partial charge in [0.2, 0.25) is 0 Å². The Labute approximate surface area is 188 Å². The van der Waals surface area contributed by atoms with Crippen LogP contribution < -0.4 is 11.1 Å². The van der Waals surface area contributed by atoms with Gasteiger partial charge in [-0.05, 0) is 31.2 Å². The second-order valence-corrected chi connectivity index (χ2v) is 7.55. The fraction of sp³-hybridized carbons (Fsp3) is 0.130. The predicted octanol–water partition coefficient (Wildman–Crippen LogP) is 3.15. The van der Waals surface area contributed by atoms with Crippen LogP contribution in [0.5, 0.6) is 0 Å². The van der Waals surface area contributed by atoms with Gasteiger partial charge in [-0.2, -0.15) is 5.10 Å². The van der Waals surface area contributed by atoms with Crippen LogP contribution in [0.25, 0.3) is 33.5 Å². The molecule has 4 heterocycles. The summed E-state index contributed by atoms with van der Waals surface area (Å²) in [4.78, 5) is 26.6. The molecule has 0 aliphatic rings. The summed E-state index contributed by atoms with van der Waals surface area (Å²) in [6, 6.07) is 12.6. The van der Waals surface area contributed by atoms with Crippen molar-refractivity contribution in [1.82, 2.24) is 35.2 Å². The lowest BCUT2D eigenvalue weighted by Crippen LogP contribution is -2.28. The molecule has 0 saturated heterocycles. The lowest BCUT2D eigenvalue weighted by molar-refractivity contribution is 0.0929. The number of rotatable bonds is 5. The largest absolute Gasteiger partial charge is 0.382 e. The van der Waals surface area contributed by atoms with Crippen LogP contribution in [-0.2, 0) is 7.05 Å². The van der Waals surface area contributed by atoms with Crippen molar-refractivity contribution in [3.05, 3.63) is 72.5 Å². The van der Waals surface area contributed by atoms with Gasteiger partial charge >= 0.3 is 0 Å². The fourth-order valence-corrected chi connectivity index (χ4v) is 3.54. The average molecular weight is 440 g/mol. The van der Waals surface area contributed by atoms with Crippen molar-refractivity contribution in [2.24, 2.45) is 7.05 Å². The molecular weight excluding hydrogens is 420 g/mol. The van der Waals surface area contributed by atoms with Gasteiger partial charge in [-0.3, -0.25) is 14.5 Å². The van der Waals surface area contributed by atoms with E-state index in [0.29, 0.717) is 22.8 Å². The lowest BCUT2D eigenvalue weighted by Gasteiger charge is -2.14. The van der Waals surface area contributed by atoms with Crippen LogP contribution in [-0.4, -0.2) is 35.8 Å². The predicted molar refractivity (Wildman–Crippen MR) is 122 cm³/mol. The number of nitrogens with two attached hydrogens (primary N) is 1. The SMILES string of the molecule is CC(NC(=O)c1nc(-c2ccc3ncccc3c2)c(-c2ccn(C)n2)nc1N)c1ccno1. The van der Waals surface area contributed by atoms with Gasteiger partial charge in [0.1, 0.15) is 11.4 Å². The summed E-state index contributed by atoms with van der Waals surface area (Å²) in [6.45, 7) is 1.78. The molecule has 0 saturated carbocycles. The van der Waals surface area contributed by atoms with E-state index in [-0.39, 0.29) is 11.5 Å². The number of nitrogens with one attached hydrogen (secondary N) is 1. The van der Waals surface area contributed by atoms with E-state index in [4.69, 9.17) is 10.3 Å². The Morgan fingerprint density at radius 2 is 2.00 bits per heavy atom. The van der Waals surface area contributed by atoms with Gasteiger partial charge in [0.25, 0.3) is 5.91 Å². The van der Waals surface area contributed by atoms with Gasteiger partial charge in [0.15, 0.2) is 17.3 Å². The lowest BCUT2D eigenvalue weighted by atomic mass is 10.0. The van der Waals surface area contributed by atoms with Gasteiger partial charge in [-0.15, -0.1) is 0 Å². The molecule has 0 fully saturated rings. The zero-order valence-electron chi connectivity index (χ0n) is 17.9. The number of nitrogen functional groups attached to an aromatic ring is 1. The van der Waals surface area contributed by atoms with Crippen molar-refractivity contribution in [3.8, 4) is 22.6 Å². The third-order valence-electron chi connectivity index (χ3n) is 5.20. The van der Waals surface area contributed by atoms with Crippen molar-refractivity contribution in [2.45, 2.75) is 13.0 Å². The zero-order chi connectivity index (χ0) is 22.9. The molecule has 33 heavy (non-hydrogen) atoms. The van der Waals surface area contributed by atoms with E-state index < -0.39 is 11.9 Å². The van der Waals surface area contributed by atoms with Crippen molar-refractivity contribution in [1.29, 1.82) is 0 Å². The second kappa shape index (κ2) is 8.15. The number of anilines is 1. The monoisotopic (exact) mass is 440 g/mol. The second-order valence-electron chi connectivity index (χ2n) is 7.55. The highest BCUT2D eigenvalue weighted by molar-refractivity contribution is 5.98.